The summed E-state index contributed by atoms with van der Waals surface area (Å²) in [5, 5.41) is 9.31. The molecule has 5 heteroatoms. The van der Waals surface area contributed by atoms with Gasteiger partial charge in [-0.1, -0.05) is 25.8 Å². The second kappa shape index (κ2) is 4.99. The molecule has 2 bridgehead atoms. The minimum absolute atomic E-state index is 0.225. The number of phenols is 1. The summed E-state index contributed by atoms with van der Waals surface area (Å²) in [5.41, 5.74) is 8.11. The summed E-state index contributed by atoms with van der Waals surface area (Å²) in [5.74, 6) is 0.470. The highest BCUT2D eigenvalue weighted by Gasteiger charge is 2.48. The van der Waals surface area contributed by atoms with Gasteiger partial charge in [0.25, 0.3) is 0 Å². The van der Waals surface area contributed by atoms with Crippen LogP contribution in [0.2, 0.25) is 0 Å². The molecule has 116 valence electrons. The van der Waals surface area contributed by atoms with Gasteiger partial charge in [0.1, 0.15) is 5.75 Å². The topological polar surface area (TPSA) is 80.4 Å². The standard InChI is InChI=1S/C16H23NO3S/c1-16-7-3-2-4-8-21(19,20)14(15(16)17)9-11-5-6-12(18)10-13(11)16/h5-6,10,14-15,18H,2-4,7-9,17H2,1H3. The van der Waals surface area contributed by atoms with E-state index in [0.29, 0.717) is 6.42 Å². The largest absolute Gasteiger partial charge is 0.508 e. The van der Waals surface area contributed by atoms with Gasteiger partial charge in [0.15, 0.2) is 9.84 Å². The van der Waals surface area contributed by atoms with Crippen LogP contribution in [0.1, 0.15) is 43.7 Å². The van der Waals surface area contributed by atoms with Crippen molar-refractivity contribution in [3.8, 4) is 5.75 Å². The molecule has 4 nitrogen and oxygen atoms in total. The number of sulfone groups is 1. The fraction of sp³-hybridized carbons (Fsp3) is 0.625. The Balaban J connectivity index is 2.19. The fourth-order valence-electron chi connectivity index (χ4n) is 3.98. The summed E-state index contributed by atoms with van der Waals surface area (Å²) in [6.07, 6.45) is 3.96. The van der Waals surface area contributed by atoms with Gasteiger partial charge in [0.2, 0.25) is 0 Å². The number of hydrogen-bond donors (Lipinski definition) is 2. The molecule has 0 saturated carbocycles. The molecule has 1 aromatic rings. The number of fused-ring (bicyclic) bond motifs is 4. The predicted molar refractivity (Wildman–Crippen MR) is 83.2 cm³/mol. The zero-order valence-corrected chi connectivity index (χ0v) is 13.2. The second-order valence-electron chi connectivity index (χ2n) is 6.70. The Morgan fingerprint density at radius 1 is 1.29 bits per heavy atom. The van der Waals surface area contributed by atoms with Gasteiger partial charge in [-0.3, -0.25) is 0 Å². The Morgan fingerprint density at radius 3 is 2.81 bits per heavy atom. The van der Waals surface area contributed by atoms with E-state index in [-0.39, 0.29) is 16.9 Å². The predicted octanol–water partition coefficient (Wildman–Crippen LogP) is 1.89. The van der Waals surface area contributed by atoms with Gasteiger partial charge in [-0.2, -0.15) is 0 Å². The molecular formula is C16H23NO3S. The molecule has 0 amide bonds. The maximum atomic E-state index is 12.6. The average molecular weight is 309 g/mol. The first-order valence-corrected chi connectivity index (χ1v) is 9.36. The van der Waals surface area contributed by atoms with Gasteiger partial charge in [0, 0.05) is 11.5 Å². The average Bonchev–Trinajstić information content (AvgIpc) is 2.45. The lowest BCUT2D eigenvalue weighted by atomic mass is 9.65. The molecule has 2 aliphatic rings. The molecule has 1 aromatic carbocycles. The van der Waals surface area contributed by atoms with Crippen LogP contribution in [0.4, 0.5) is 0 Å². The lowest BCUT2D eigenvalue weighted by molar-refractivity contribution is 0.305. The first-order chi connectivity index (χ1) is 9.84. The molecule has 1 fully saturated rings. The molecule has 0 radical (unpaired) electrons. The molecule has 1 heterocycles. The van der Waals surface area contributed by atoms with Crippen molar-refractivity contribution in [2.75, 3.05) is 5.75 Å². The minimum Gasteiger partial charge on any atom is -0.508 e. The van der Waals surface area contributed by atoms with Gasteiger partial charge >= 0.3 is 0 Å². The first-order valence-electron chi connectivity index (χ1n) is 7.64. The highest BCUT2D eigenvalue weighted by Crippen LogP contribution is 2.44. The van der Waals surface area contributed by atoms with Crippen LogP contribution in [0.5, 0.6) is 5.75 Å². The second-order valence-corrected chi connectivity index (χ2v) is 9.04. The molecule has 1 aliphatic heterocycles. The summed E-state index contributed by atoms with van der Waals surface area (Å²) in [6, 6.07) is 4.86. The number of hydrogen-bond acceptors (Lipinski definition) is 4. The van der Waals surface area contributed by atoms with E-state index >= 15 is 0 Å². The van der Waals surface area contributed by atoms with E-state index < -0.39 is 21.1 Å². The molecule has 21 heavy (non-hydrogen) atoms. The van der Waals surface area contributed by atoms with Crippen molar-refractivity contribution in [2.24, 2.45) is 5.73 Å². The summed E-state index contributed by atoms with van der Waals surface area (Å²) in [6.45, 7) is 2.06. The van der Waals surface area contributed by atoms with E-state index in [1.165, 1.54) is 0 Å². The van der Waals surface area contributed by atoms with Crippen molar-refractivity contribution in [1.82, 2.24) is 0 Å². The number of phenolic OH excluding ortho intramolecular Hbond substituents is 1. The van der Waals surface area contributed by atoms with Gasteiger partial charge in [0.05, 0.1) is 11.0 Å². The Kier molecular flexibility index (Phi) is 3.53. The Bertz CT molecular complexity index is 655. The van der Waals surface area contributed by atoms with E-state index in [1.54, 1.807) is 12.1 Å². The molecule has 1 saturated heterocycles. The van der Waals surface area contributed by atoms with E-state index in [2.05, 4.69) is 6.92 Å². The number of rotatable bonds is 0. The van der Waals surface area contributed by atoms with Crippen molar-refractivity contribution in [3.63, 3.8) is 0 Å². The van der Waals surface area contributed by atoms with Crippen LogP contribution < -0.4 is 5.73 Å². The SMILES string of the molecule is CC12CCCCCS(=O)(=O)C(Cc3ccc(O)cc31)C2N. The quantitative estimate of drug-likeness (QED) is 0.767. The Morgan fingerprint density at radius 2 is 2.05 bits per heavy atom. The van der Waals surface area contributed by atoms with Gasteiger partial charge < -0.3 is 10.8 Å². The number of benzene rings is 1. The van der Waals surface area contributed by atoms with Crippen LogP contribution in [-0.4, -0.2) is 30.6 Å². The van der Waals surface area contributed by atoms with Gasteiger partial charge in [-0.15, -0.1) is 0 Å². The van der Waals surface area contributed by atoms with Crippen LogP contribution >= 0.6 is 0 Å². The van der Waals surface area contributed by atoms with Crippen LogP contribution in [0, 0.1) is 0 Å². The lowest BCUT2D eigenvalue weighted by Gasteiger charge is -2.45. The molecule has 3 rings (SSSR count). The lowest BCUT2D eigenvalue weighted by Crippen LogP contribution is -2.57. The first kappa shape index (κ1) is 14.9. The van der Waals surface area contributed by atoms with Crippen LogP contribution in [0.25, 0.3) is 0 Å². The highest BCUT2D eigenvalue weighted by molar-refractivity contribution is 7.92. The van der Waals surface area contributed by atoms with Gasteiger partial charge in [-0.25, -0.2) is 8.42 Å². The van der Waals surface area contributed by atoms with Crippen molar-refractivity contribution in [1.29, 1.82) is 0 Å². The maximum absolute atomic E-state index is 12.6. The molecular weight excluding hydrogens is 286 g/mol. The maximum Gasteiger partial charge on any atom is 0.155 e. The zero-order chi connectivity index (χ0) is 15.3. The van der Waals surface area contributed by atoms with E-state index in [0.717, 1.165) is 36.8 Å². The third kappa shape index (κ3) is 2.36. The fourth-order valence-corrected chi connectivity index (χ4v) is 6.07. The van der Waals surface area contributed by atoms with E-state index in [9.17, 15) is 13.5 Å². The van der Waals surface area contributed by atoms with Crippen molar-refractivity contribution < 1.29 is 13.5 Å². The summed E-state index contributed by atoms with van der Waals surface area (Å²) in [7, 11) is -3.17. The normalized spacial score (nSPS) is 35.1. The van der Waals surface area contributed by atoms with Crippen LogP contribution in [0.15, 0.2) is 18.2 Å². The van der Waals surface area contributed by atoms with Crippen LogP contribution in [0.3, 0.4) is 0 Å². The molecule has 3 N–H and O–H groups in total. The molecule has 3 atom stereocenters. The molecule has 1 aliphatic carbocycles. The number of aromatic hydroxyl groups is 1. The minimum atomic E-state index is -3.17. The molecule has 3 unspecified atom stereocenters. The number of nitrogens with two attached hydrogens (primary N) is 1. The molecule has 0 spiro atoms. The summed E-state index contributed by atoms with van der Waals surface area (Å²) in [4.78, 5) is 0. The smallest absolute Gasteiger partial charge is 0.155 e. The third-order valence-corrected chi connectivity index (χ3v) is 7.59. The zero-order valence-electron chi connectivity index (χ0n) is 12.4. The van der Waals surface area contributed by atoms with Crippen molar-refractivity contribution in [2.45, 2.75) is 55.7 Å². The Labute approximate surface area is 126 Å². The summed E-state index contributed by atoms with van der Waals surface area (Å²) >= 11 is 0. The highest BCUT2D eigenvalue weighted by atomic mass is 32.2. The van der Waals surface area contributed by atoms with Crippen molar-refractivity contribution >= 4 is 9.84 Å². The Hall–Kier alpha value is -1.07. The molecule has 0 aromatic heterocycles. The van der Waals surface area contributed by atoms with Crippen LogP contribution in [-0.2, 0) is 21.7 Å². The monoisotopic (exact) mass is 309 g/mol. The third-order valence-electron chi connectivity index (χ3n) is 5.35. The summed E-state index contributed by atoms with van der Waals surface area (Å²) < 4.78 is 25.2. The van der Waals surface area contributed by atoms with E-state index in [1.807, 2.05) is 6.07 Å². The van der Waals surface area contributed by atoms with Gasteiger partial charge in [-0.05, 0) is 42.5 Å². The van der Waals surface area contributed by atoms with Crippen molar-refractivity contribution in [3.05, 3.63) is 29.3 Å². The van der Waals surface area contributed by atoms with E-state index in [4.69, 9.17) is 5.73 Å².